The number of nitriles is 1. The lowest BCUT2D eigenvalue weighted by Gasteiger charge is -2.28. The van der Waals surface area contributed by atoms with Crippen molar-refractivity contribution in [3.8, 4) is 11.8 Å². The SMILES string of the molecule is CCCN1C(=O)C(=CC2=Cc3ccccc3OC2C)C(C)=C(C#N)C1=O. The van der Waals surface area contributed by atoms with Crippen molar-refractivity contribution in [3.05, 3.63) is 58.2 Å². The van der Waals surface area contributed by atoms with Crippen LogP contribution in [0.3, 0.4) is 0 Å². The number of hydrogen-bond donors (Lipinski definition) is 0. The predicted octanol–water partition coefficient (Wildman–Crippen LogP) is 3.40. The van der Waals surface area contributed by atoms with Gasteiger partial charge in [-0.1, -0.05) is 25.1 Å². The van der Waals surface area contributed by atoms with Crippen molar-refractivity contribution in [1.82, 2.24) is 4.90 Å². The molecule has 0 bridgehead atoms. The maximum Gasteiger partial charge on any atom is 0.271 e. The number of benzene rings is 1. The number of carbonyl (C=O) groups is 2. The molecule has 2 aliphatic rings. The van der Waals surface area contributed by atoms with Crippen LogP contribution in [0.5, 0.6) is 5.75 Å². The Labute approximate surface area is 152 Å². The standard InChI is InChI=1S/C21H20N2O3/c1-4-9-23-20(24)17(13(2)18(12-22)21(23)25)11-16-10-15-7-5-6-8-19(15)26-14(16)3/h5-8,10-11,14H,4,9H2,1-3H3. The fourth-order valence-corrected chi connectivity index (χ4v) is 3.14. The zero-order valence-electron chi connectivity index (χ0n) is 15.1. The van der Waals surface area contributed by atoms with Crippen LogP contribution in [0, 0.1) is 11.3 Å². The summed E-state index contributed by atoms with van der Waals surface area (Å²) in [7, 11) is 0. The number of imide groups is 1. The first-order valence-corrected chi connectivity index (χ1v) is 8.64. The van der Waals surface area contributed by atoms with E-state index < -0.39 is 5.91 Å². The van der Waals surface area contributed by atoms with Gasteiger partial charge in [0.05, 0.1) is 0 Å². The molecule has 0 aliphatic carbocycles. The monoisotopic (exact) mass is 348 g/mol. The van der Waals surface area contributed by atoms with Gasteiger partial charge in [0.25, 0.3) is 11.8 Å². The molecule has 5 heteroatoms. The molecule has 3 rings (SSSR count). The minimum absolute atomic E-state index is 0.0229. The first-order valence-electron chi connectivity index (χ1n) is 8.64. The van der Waals surface area contributed by atoms with Gasteiger partial charge in [-0.25, -0.2) is 0 Å². The minimum atomic E-state index is -0.513. The maximum absolute atomic E-state index is 12.8. The zero-order valence-corrected chi connectivity index (χ0v) is 15.1. The van der Waals surface area contributed by atoms with E-state index in [1.165, 1.54) is 0 Å². The summed E-state index contributed by atoms with van der Waals surface area (Å²) in [6, 6.07) is 9.63. The summed E-state index contributed by atoms with van der Waals surface area (Å²) in [5, 5.41) is 9.38. The van der Waals surface area contributed by atoms with Gasteiger partial charge in [0.2, 0.25) is 0 Å². The Morgan fingerprint density at radius 3 is 2.69 bits per heavy atom. The molecule has 2 amide bonds. The summed E-state index contributed by atoms with van der Waals surface area (Å²) < 4.78 is 5.92. The lowest BCUT2D eigenvalue weighted by atomic mass is 9.91. The first-order chi connectivity index (χ1) is 12.5. The third-order valence-corrected chi connectivity index (χ3v) is 4.60. The van der Waals surface area contributed by atoms with E-state index in [1.54, 1.807) is 13.0 Å². The molecule has 0 N–H and O–H groups in total. The lowest BCUT2D eigenvalue weighted by Crippen LogP contribution is -2.43. The second-order valence-corrected chi connectivity index (χ2v) is 6.37. The molecule has 2 heterocycles. The van der Waals surface area contributed by atoms with Crippen LogP contribution < -0.4 is 4.74 Å². The van der Waals surface area contributed by atoms with Crippen molar-refractivity contribution >= 4 is 17.9 Å². The van der Waals surface area contributed by atoms with Crippen LogP contribution in [0.25, 0.3) is 6.08 Å². The van der Waals surface area contributed by atoms with Gasteiger partial charge in [-0.15, -0.1) is 0 Å². The second-order valence-electron chi connectivity index (χ2n) is 6.37. The number of hydrogen-bond acceptors (Lipinski definition) is 4. The summed E-state index contributed by atoms with van der Waals surface area (Å²) >= 11 is 0. The van der Waals surface area contributed by atoms with Crippen LogP contribution in [0.4, 0.5) is 0 Å². The quantitative estimate of drug-likeness (QED) is 0.620. The number of amides is 2. The van der Waals surface area contributed by atoms with Gasteiger partial charge in [-0.05, 0) is 49.6 Å². The van der Waals surface area contributed by atoms with E-state index in [4.69, 9.17) is 4.74 Å². The largest absolute Gasteiger partial charge is 0.485 e. The summed E-state index contributed by atoms with van der Waals surface area (Å²) in [4.78, 5) is 26.4. The molecule has 5 nitrogen and oxygen atoms in total. The van der Waals surface area contributed by atoms with Gasteiger partial charge in [0, 0.05) is 17.7 Å². The molecule has 0 spiro atoms. The van der Waals surface area contributed by atoms with Crippen molar-refractivity contribution in [2.75, 3.05) is 6.54 Å². The lowest BCUT2D eigenvalue weighted by molar-refractivity contribution is -0.140. The molecule has 0 radical (unpaired) electrons. The first kappa shape index (κ1) is 17.7. The number of carbonyl (C=O) groups excluding carboxylic acids is 2. The number of ether oxygens (including phenoxy) is 1. The Morgan fingerprint density at radius 2 is 2.00 bits per heavy atom. The van der Waals surface area contributed by atoms with E-state index in [0.717, 1.165) is 21.8 Å². The number of para-hydroxylation sites is 1. The van der Waals surface area contributed by atoms with E-state index in [1.807, 2.05) is 50.3 Å². The van der Waals surface area contributed by atoms with Crippen molar-refractivity contribution < 1.29 is 14.3 Å². The molecule has 1 aromatic rings. The smallest absolute Gasteiger partial charge is 0.271 e. The van der Waals surface area contributed by atoms with Crippen molar-refractivity contribution in [1.29, 1.82) is 5.26 Å². The fourth-order valence-electron chi connectivity index (χ4n) is 3.14. The van der Waals surface area contributed by atoms with E-state index in [9.17, 15) is 14.9 Å². The zero-order chi connectivity index (χ0) is 18.8. The van der Waals surface area contributed by atoms with Crippen molar-refractivity contribution in [2.24, 2.45) is 0 Å². The molecular formula is C21H20N2O3. The second kappa shape index (κ2) is 7.01. The van der Waals surface area contributed by atoms with Gasteiger partial charge >= 0.3 is 0 Å². The number of nitrogens with zero attached hydrogens (tertiary/aromatic N) is 2. The van der Waals surface area contributed by atoms with E-state index in [-0.39, 0.29) is 17.6 Å². The topological polar surface area (TPSA) is 70.4 Å². The minimum Gasteiger partial charge on any atom is -0.485 e. The number of rotatable bonds is 3. The highest BCUT2D eigenvalue weighted by Crippen LogP contribution is 2.32. The van der Waals surface area contributed by atoms with E-state index in [2.05, 4.69) is 0 Å². The van der Waals surface area contributed by atoms with Gasteiger partial charge < -0.3 is 4.74 Å². The maximum atomic E-state index is 12.8. The molecule has 0 saturated carbocycles. The van der Waals surface area contributed by atoms with Gasteiger partial charge in [0.15, 0.2) is 0 Å². The molecular weight excluding hydrogens is 328 g/mol. The van der Waals surface area contributed by atoms with Crippen molar-refractivity contribution in [2.45, 2.75) is 33.3 Å². The van der Waals surface area contributed by atoms with Crippen molar-refractivity contribution in [3.63, 3.8) is 0 Å². The summed E-state index contributed by atoms with van der Waals surface area (Å²) in [6.45, 7) is 5.73. The highest BCUT2D eigenvalue weighted by Gasteiger charge is 2.35. The summed E-state index contributed by atoms with van der Waals surface area (Å²) in [5.74, 6) is -0.0773. The molecule has 1 unspecified atom stereocenters. The fraction of sp³-hybridized carbons (Fsp3) is 0.286. The molecule has 26 heavy (non-hydrogen) atoms. The molecule has 132 valence electrons. The average molecular weight is 348 g/mol. The van der Waals surface area contributed by atoms with Crippen LogP contribution in [-0.4, -0.2) is 29.4 Å². The highest BCUT2D eigenvalue weighted by molar-refractivity contribution is 6.18. The van der Waals surface area contributed by atoms with Crippen LogP contribution in [0.2, 0.25) is 0 Å². The molecule has 0 aromatic heterocycles. The predicted molar refractivity (Wildman–Crippen MR) is 97.9 cm³/mol. The van der Waals surface area contributed by atoms with Gasteiger partial charge in [-0.3, -0.25) is 14.5 Å². The molecule has 0 saturated heterocycles. The highest BCUT2D eigenvalue weighted by atomic mass is 16.5. The molecule has 0 fully saturated rings. The van der Waals surface area contributed by atoms with Crippen LogP contribution in [-0.2, 0) is 9.59 Å². The summed E-state index contributed by atoms with van der Waals surface area (Å²) in [6.07, 6.45) is 4.12. The number of fused-ring (bicyclic) bond motifs is 1. The Morgan fingerprint density at radius 1 is 1.27 bits per heavy atom. The Balaban J connectivity index is 2.11. The third-order valence-electron chi connectivity index (χ3n) is 4.60. The Kier molecular flexibility index (Phi) is 4.77. The molecule has 2 aliphatic heterocycles. The summed E-state index contributed by atoms with van der Waals surface area (Å²) in [5.41, 5.74) is 2.57. The van der Waals surface area contributed by atoms with E-state index >= 15 is 0 Å². The van der Waals surface area contributed by atoms with Gasteiger partial charge in [-0.2, -0.15) is 5.26 Å². The Bertz CT molecular complexity index is 915. The van der Waals surface area contributed by atoms with Crippen LogP contribution >= 0.6 is 0 Å². The normalized spacial score (nSPS) is 21.3. The van der Waals surface area contributed by atoms with Gasteiger partial charge in [0.1, 0.15) is 23.5 Å². The average Bonchev–Trinajstić information content (AvgIpc) is 2.63. The molecule has 1 aromatic carbocycles. The molecule has 1 atom stereocenters. The van der Waals surface area contributed by atoms with E-state index in [0.29, 0.717) is 24.1 Å². The van der Waals surface area contributed by atoms with Crippen LogP contribution in [0.15, 0.2) is 52.6 Å². The Hall–Kier alpha value is -3.13. The third kappa shape index (κ3) is 2.95. The van der Waals surface area contributed by atoms with Crippen LogP contribution in [0.1, 0.15) is 32.8 Å².